The fraction of sp³-hybridized carbons (Fsp3) is 0.167. The van der Waals surface area contributed by atoms with Crippen molar-refractivity contribution in [3.8, 4) is 11.3 Å². The Morgan fingerprint density at radius 3 is 2.26 bits per heavy atom. The molecule has 100 valence electrons. The van der Waals surface area contributed by atoms with Gasteiger partial charge in [0.25, 0.3) is 0 Å². The van der Waals surface area contributed by atoms with Crippen molar-refractivity contribution >= 4 is 11.5 Å². The summed E-state index contributed by atoms with van der Waals surface area (Å²) in [5, 5.41) is 7.54. The Kier molecular flexibility index (Phi) is 3.05. The second-order valence-corrected chi connectivity index (χ2v) is 4.10. The lowest BCUT2D eigenvalue weighted by atomic mass is 10.0. The summed E-state index contributed by atoms with van der Waals surface area (Å²) in [6.45, 7) is 1.73. The maximum Gasteiger partial charge on any atom is 0.416 e. The molecule has 0 unspecified atom stereocenters. The first kappa shape index (κ1) is 13.1. The van der Waals surface area contributed by atoms with Gasteiger partial charge in [0.2, 0.25) is 0 Å². The summed E-state index contributed by atoms with van der Waals surface area (Å²) in [6.07, 6.45) is -4.42. The summed E-state index contributed by atoms with van der Waals surface area (Å²) in [6, 6.07) is 4.74. The average molecular weight is 268 g/mol. The van der Waals surface area contributed by atoms with Gasteiger partial charge in [0.05, 0.1) is 11.3 Å². The van der Waals surface area contributed by atoms with Gasteiger partial charge in [0.1, 0.15) is 5.82 Å². The molecule has 0 aliphatic carbocycles. The molecule has 0 aliphatic rings. The van der Waals surface area contributed by atoms with E-state index in [2.05, 4.69) is 10.2 Å². The predicted octanol–water partition coefficient (Wildman–Crippen LogP) is 2.64. The Hall–Kier alpha value is -2.31. The number of aromatic nitrogens is 2. The molecule has 0 aliphatic heterocycles. The molecule has 0 bridgehead atoms. The van der Waals surface area contributed by atoms with Gasteiger partial charge < -0.3 is 11.5 Å². The van der Waals surface area contributed by atoms with Crippen LogP contribution in [0.5, 0.6) is 0 Å². The molecule has 1 aromatic carbocycles. The number of nitrogen functional groups attached to an aromatic ring is 2. The third kappa shape index (κ3) is 2.59. The van der Waals surface area contributed by atoms with Gasteiger partial charge in [-0.25, -0.2) is 0 Å². The van der Waals surface area contributed by atoms with Gasteiger partial charge in [-0.3, -0.25) is 0 Å². The monoisotopic (exact) mass is 268 g/mol. The molecule has 0 fully saturated rings. The zero-order valence-electron chi connectivity index (χ0n) is 9.99. The van der Waals surface area contributed by atoms with E-state index in [1.54, 1.807) is 13.0 Å². The van der Waals surface area contributed by atoms with Crippen molar-refractivity contribution in [2.75, 3.05) is 11.5 Å². The van der Waals surface area contributed by atoms with Crippen LogP contribution in [0.3, 0.4) is 0 Å². The first-order valence-electron chi connectivity index (χ1n) is 5.36. The summed E-state index contributed by atoms with van der Waals surface area (Å²) in [4.78, 5) is 0. The maximum atomic E-state index is 12.5. The van der Waals surface area contributed by atoms with E-state index in [9.17, 15) is 13.2 Å². The minimum atomic E-state index is -4.42. The van der Waals surface area contributed by atoms with Crippen molar-refractivity contribution in [1.82, 2.24) is 10.2 Å². The summed E-state index contributed by atoms with van der Waals surface area (Å²) in [5.74, 6) is 0.272. The van der Waals surface area contributed by atoms with Gasteiger partial charge in [-0.05, 0) is 30.7 Å². The molecular formula is C12H11F3N4. The van der Waals surface area contributed by atoms with Gasteiger partial charge in [0.15, 0.2) is 0 Å². The van der Waals surface area contributed by atoms with E-state index < -0.39 is 11.7 Å². The highest BCUT2D eigenvalue weighted by Crippen LogP contribution is 2.34. The maximum absolute atomic E-state index is 12.5. The van der Waals surface area contributed by atoms with Gasteiger partial charge in [-0.2, -0.15) is 13.2 Å². The second kappa shape index (κ2) is 4.42. The van der Waals surface area contributed by atoms with Gasteiger partial charge in [0, 0.05) is 11.3 Å². The van der Waals surface area contributed by atoms with E-state index in [0.717, 1.165) is 12.1 Å². The number of alkyl halides is 3. The fourth-order valence-corrected chi connectivity index (χ4v) is 1.60. The molecule has 2 aromatic rings. The molecule has 2 rings (SSSR count). The first-order chi connectivity index (χ1) is 8.79. The van der Waals surface area contributed by atoms with E-state index in [1.165, 1.54) is 6.07 Å². The summed E-state index contributed by atoms with van der Waals surface area (Å²) in [7, 11) is 0. The number of hydrogen-bond donors (Lipinski definition) is 2. The Balaban J connectivity index is 2.49. The Morgan fingerprint density at radius 1 is 1.05 bits per heavy atom. The lowest BCUT2D eigenvalue weighted by Crippen LogP contribution is -2.06. The van der Waals surface area contributed by atoms with Gasteiger partial charge in [-0.1, -0.05) is 6.07 Å². The fourth-order valence-electron chi connectivity index (χ4n) is 1.60. The molecular weight excluding hydrogens is 257 g/mol. The number of rotatable bonds is 1. The van der Waals surface area contributed by atoms with Crippen LogP contribution in [0.1, 0.15) is 11.1 Å². The lowest BCUT2D eigenvalue weighted by molar-refractivity contribution is -0.137. The third-order valence-corrected chi connectivity index (χ3v) is 2.68. The van der Waals surface area contributed by atoms with Crippen LogP contribution >= 0.6 is 0 Å². The van der Waals surface area contributed by atoms with Crippen LogP contribution in [-0.4, -0.2) is 10.2 Å². The van der Waals surface area contributed by atoms with Crippen molar-refractivity contribution < 1.29 is 13.2 Å². The van der Waals surface area contributed by atoms with Crippen LogP contribution in [0.25, 0.3) is 11.3 Å². The largest absolute Gasteiger partial charge is 0.416 e. The number of benzene rings is 1. The molecule has 0 spiro atoms. The molecule has 1 heterocycles. The number of nitrogens with zero attached hydrogens (tertiary/aromatic N) is 2. The van der Waals surface area contributed by atoms with Gasteiger partial charge in [-0.15, -0.1) is 10.2 Å². The van der Waals surface area contributed by atoms with Crippen LogP contribution < -0.4 is 11.5 Å². The standard InChI is InChI=1S/C12H11F3N4/c1-6-4-10(18-19-11(6)17)8-3-2-7(5-9(8)16)12(13,14)15/h2-5H,16H2,1H3,(H2,17,19). The normalized spacial score (nSPS) is 11.6. The highest BCUT2D eigenvalue weighted by molar-refractivity contribution is 5.75. The second-order valence-electron chi connectivity index (χ2n) is 4.10. The number of halogens is 3. The van der Waals surface area contributed by atoms with E-state index in [0.29, 0.717) is 16.8 Å². The van der Waals surface area contributed by atoms with Crippen LogP contribution in [0.4, 0.5) is 24.7 Å². The highest BCUT2D eigenvalue weighted by Gasteiger charge is 2.30. The van der Waals surface area contributed by atoms with E-state index in [-0.39, 0.29) is 11.5 Å². The Morgan fingerprint density at radius 2 is 1.74 bits per heavy atom. The zero-order valence-corrected chi connectivity index (χ0v) is 9.99. The summed E-state index contributed by atoms with van der Waals surface area (Å²) in [5.41, 5.74) is 11.8. The molecule has 4 N–H and O–H groups in total. The van der Waals surface area contributed by atoms with Crippen LogP contribution in [0.2, 0.25) is 0 Å². The van der Waals surface area contributed by atoms with E-state index >= 15 is 0 Å². The molecule has 0 saturated heterocycles. The smallest absolute Gasteiger partial charge is 0.398 e. The Bertz CT molecular complexity index is 623. The number of hydrogen-bond acceptors (Lipinski definition) is 4. The summed E-state index contributed by atoms with van der Waals surface area (Å²) >= 11 is 0. The molecule has 7 heteroatoms. The molecule has 0 atom stereocenters. The van der Waals surface area contributed by atoms with Crippen LogP contribution in [0, 0.1) is 6.92 Å². The first-order valence-corrected chi connectivity index (χ1v) is 5.36. The predicted molar refractivity (Wildman–Crippen MR) is 66.0 cm³/mol. The SMILES string of the molecule is Cc1cc(-c2ccc(C(F)(F)F)cc2N)nnc1N. The van der Waals surface area contributed by atoms with Crippen LogP contribution in [0.15, 0.2) is 24.3 Å². The number of aryl methyl sites for hydroxylation is 1. The Labute approximate surface area is 107 Å². The molecule has 19 heavy (non-hydrogen) atoms. The molecule has 0 amide bonds. The van der Waals surface area contributed by atoms with Gasteiger partial charge >= 0.3 is 6.18 Å². The molecule has 1 aromatic heterocycles. The van der Waals surface area contributed by atoms with Crippen molar-refractivity contribution in [1.29, 1.82) is 0 Å². The van der Waals surface area contributed by atoms with Crippen molar-refractivity contribution in [2.24, 2.45) is 0 Å². The van der Waals surface area contributed by atoms with Crippen molar-refractivity contribution in [3.05, 3.63) is 35.4 Å². The lowest BCUT2D eigenvalue weighted by Gasteiger charge is -2.10. The zero-order chi connectivity index (χ0) is 14.2. The number of anilines is 2. The highest BCUT2D eigenvalue weighted by atomic mass is 19.4. The van der Waals surface area contributed by atoms with Crippen LogP contribution in [-0.2, 0) is 6.18 Å². The van der Waals surface area contributed by atoms with E-state index in [1.807, 2.05) is 0 Å². The minimum absolute atomic E-state index is 0.00621. The average Bonchev–Trinajstić information content (AvgIpc) is 2.31. The van der Waals surface area contributed by atoms with E-state index in [4.69, 9.17) is 11.5 Å². The quantitative estimate of drug-likeness (QED) is 0.779. The summed E-state index contributed by atoms with van der Waals surface area (Å²) < 4.78 is 37.6. The molecule has 4 nitrogen and oxygen atoms in total. The molecule has 0 saturated carbocycles. The molecule has 0 radical (unpaired) electrons. The third-order valence-electron chi connectivity index (χ3n) is 2.68. The minimum Gasteiger partial charge on any atom is -0.398 e. The van der Waals surface area contributed by atoms with Crippen molar-refractivity contribution in [2.45, 2.75) is 13.1 Å². The van der Waals surface area contributed by atoms with Crippen molar-refractivity contribution in [3.63, 3.8) is 0 Å². The topological polar surface area (TPSA) is 77.8 Å². The number of nitrogens with two attached hydrogens (primary N) is 2.